The minimum Gasteiger partial charge on any atom is -0.396 e. The molecule has 0 saturated heterocycles. The van der Waals surface area contributed by atoms with Crippen LogP contribution >= 0.6 is 0 Å². The molecule has 0 bridgehead atoms. The third-order valence-corrected chi connectivity index (χ3v) is 1.52. The molecule has 11 heavy (non-hydrogen) atoms. The highest BCUT2D eigenvalue weighted by Gasteiger charge is 2.04. The van der Waals surface area contributed by atoms with Crippen LogP contribution in [0.5, 0.6) is 0 Å². The van der Waals surface area contributed by atoms with Gasteiger partial charge in [-0.3, -0.25) is 5.32 Å². The van der Waals surface area contributed by atoms with Crippen molar-refractivity contribution < 1.29 is 5.11 Å². The summed E-state index contributed by atoms with van der Waals surface area (Å²) in [5.41, 5.74) is 0. The molecule has 64 valence electrons. The molecule has 2 N–H and O–H groups in total. The Hall–Kier alpha value is -0.590. The smallest absolute Gasteiger partial charge is 0.0926 e. The van der Waals surface area contributed by atoms with Gasteiger partial charge in [0, 0.05) is 12.6 Å². The number of rotatable bonds is 5. The van der Waals surface area contributed by atoms with E-state index in [1.54, 1.807) is 0 Å². The van der Waals surface area contributed by atoms with E-state index in [0.29, 0.717) is 6.04 Å². The van der Waals surface area contributed by atoms with Gasteiger partial charge in [-0.1, -0.05) is 0 Å². The van der Waals surface area contributed by atoms with Gasteiger partial charge in [-0.2, -0.15) is 5.26 Å². The Labute approximate surface area is 68.0 Å². The molecule has 2 unspecified atom stereocenters. The largest absolute Gasteiger partial charge is 0.396 e. The fraction of sp³-hybridized carbons (Fsp3) is 0.875. The number of aliphatic hydroxyl groups excluding tert-OH is 1. The lowest BCUT2D eigenvalue weighted by Gasteiger charge is -2.13. The molecule has 0 aromatic carbocycles. The predicted molar refractivity (Wildman–Crippen MR) is 44.0 cm³/mol. The minimum atomic E-state index is -0.0938. The minimum absolute atomic E-state index is 0.0938. The lowest BCUT2D eigenvalue weighted by atomic mass is 10.2. The van der Waals surface area contributed by atoms with Gasteiger partial charge < -0.3 is 5.11 Å². The molecule has 0 aromatic heterocycles. The van der Waals surface area contributed by atoms with Gasteiger partial charge in [0.25, 0.3) is 0 Å². The molecule has 2 atom stereocenters. The summed E-state index contributed by atoms with van der Waals surface area (Å²) in [6.07, 6.45) is 1.72. The van der Waals surface area contributed by atoms with Crippen LogP contribution in [-0.4, -0.2) is 23.8 Å². The third kappa shape index (κ3) is 5.84. The van der Waals surface area contributed by atoms with E-state index in [4.69, 9.17) is 10.4 Å². The second-order valence-electron chi connectivity index (χ2n) is 2.78. The first kappa shape index (κ1) is 10.4. The van der Waals surface area contributed by atoms with Crippen molar-refractivity contribution in [2.75, 3.05) is 6.61 Å². The molecule has 0 aromatic rings. The molecule has 3 nitrogen and oxygen atoms in total. The van der Waals surface area contributed by atoms with Gasteiger partial charge in [-0.15, -0.1) is 0 Å². The summed E-state index contributed by atoms with van der Waals surface area (Å²) in [5.74, 6) is 0. The van der Waals surface area contributed by atoms with E-state index in [-0.39, 0.29) is 12.6 Å². The zero-order valence-electron chi connectivity index (χ0n) is 7.17. The van der Waals surface area contributed by atoms with Gasteiger partial charge in [-0.25, -0.2) is 0 Å². The summed E-state index contributed by atoms with van der Waals surface area (Å²) >= 11 is 0. The van der Waals surface area contributed by atoms with Crippen molar-refractivity contribution in [1.82, 2.24) is 5.32 Å². The summed E-state index contributed by atoms with van der Waals surface area (Å²) in [5, 5.41) is 20.1. The Balaban J connectivity index is 3.37. The number of nitriles is 1. The quantitative estimate of drug-likeness (QED) is 0.614. The Bertz CT molecular complexity index is 131. The summed E-state index contributed by atoms with van der Waals surface area (Å²) < 4.78 is 0. The fourth-order valence-electron chi connectivity index (χ4n) is 0.945. The number of nitrogens with one attached hydrogen (secondary N) is 1. The van der Waals surface area contributed by atoms with Gasteiger partial charge in [0.2, 0.25) is 0 Å². The van der Waals surface area contributed by atoms with Crippen LogP contribution in [0.1, 0.15) is 26.7 Å². The van der Waals surface area contributed by atoms with Crippen LogP contribution in [0, 0.1) is 11.3 Å². The number of aliphatic hydroxyl groups is 1. The van der Waals surface area contributed by atoms with E-state index < -0.39 is 0 Å². The number of nitrogens with zero attached hydrogens (tertiary/aromatic N) is 1. The molecule has 0 radical (unpaired) electrons. The fourth-order valence-corrected chi connectivity index (χ4v) is 0.945. The molecule has 0 aliphatic carbocycles. The second kappa shape index (κ2) is 6.14. The van der Waals surface area contributed by atoms with Crippen molar-refractivity contribution >= 4 is 0 Å². The Morgan fingerprint density at radius 3 is 2.64 bits per heavy atom. The van der Waals surface area contributed by atoms with Crippen LogP contribution < -0.4 is 5.32 Å². The molecule has 0 amide bonds. The van der Waals surface area contributed by atoms with Gasteiger partial charge in [0.1, 0.15) is 0 Å². The van der Waals surface area contributed by atoms with E-state index in [9.17, 15) is 0 Å². The first-order valence-corrected chi connectivity index (χ1v) is 3.97. The van der Waals surface area contributed by atoms with Crippen LogP contribution in [0.3, 0.4) is 0 Å². The number of hydrogen-bond acceptors (Lipinski definition) is 3. The maximum absolute atomic E-state index is 8.51. The van der Waals surface area contributed by atoms with Crippen LogP contribution in [-0.2, 0) is 0 Å². The average Bonchev–Trinajstić information content (AvgIpc) is 2.00. The molecule has 0 rings (SSSR count). The van der Waals surface area contributed by atoms with Crippen LogP contribution in [0.2, 0.25) is 0 Å². The highest BCUT2D eigenvalue weighted by Crippen LogP contribution is 1.96. The molecule has 0 aliphatic heterocycles. The molecule has 3 heteroatoms. The Morgan fingerprint density at radius 1 is 1.55 bits per heavy atom. The summed E-state index contributed by atoms with van der Waals surface area (Å²) in [7, 11) is 0. The van der Waals surface area contributed by atoms with Crippen molar-refractivity contribution in [3.05, 3.63) is 0 Å². The van der Waals surface area contributed by atoms with E-state index in [1.807, 2.05) is 13.8 Å². The van der Waals surface area contributed by atoms with Crippen LogP contribution in [0.15, 0.2) is 0 Å². The summed E-state index contributed by atoms with van der Waals surface area (Å²) in [6.45, 7) is 4.08. The molecular formula is C8H16N2O. The van der Waals surface area contributed by atoms with Crippen molar-refractivity contribution in [3.63, 3.8) is 0 Å². The summed E-state index contributed by atoms with van der Waals surface area (Å²) in [4.78, 5) is 0. The van der Waals surface area contributed by atoms with Crippen molar-refractivity contribution in [2.24, 2.45) is 0 Å². The van der Waals surface area contributed by atoms with Gasteiger partial charge in [0.05, 0.1) is 12.1 Å². The monoisotopic (exact) mass is 156 g/mol. The van der Waals surface area contributed by atoms with E-state index in [1.165, 1.54) is 0 Å². The van der Waals surface area contributed by atoms with Crippen LogP contribution in [0.25, 0.3) is 0 Å². The van der Waals surface area contributed by atoms with Crippen LogP contribution in [0.4, 0.5) is 0 Å². The van der Waals surface area contributed by atoms with Gasteiger partial charge >= 0.3 is 0 Å². The lowest BCUT2D eigenvalue weighted by Crippen LogP contribution is -2.33. The molecule has 0 fully saturated rings. The normalized spacial score (nSPS) is 15.5. The molecule has 0 saturated carbocycles. The number of hydrogen-bond donors (Lipinski definition) is 2. The maximum Gasteiger partial charge on any atom is 0.0926 e. The first-order chi connectivity index (χ1) is 5.20. The van der Waals surface area contributed by atoms with Gasteiger partial charge in [0.15, 0.2) is 0 Å². The van der Waals surface area contributed by atoms with Crippen molar-refractivity contribution in [3.8, 4) is 6.07 Å². The van der Waals surface area contributed by atoms with E-state index in [0.717, 1.165) is 12.8 Å². The zero-order chi connectivity index (χ0) is 8.69. The van der Waals surface area contributed by atoms with Crippen molar-refractivity contribution in [1.29, 1.82) is 5.26 Å². The molecule has 0 aliphatic rings. The Kier molecular flexibility index (Phi) is 5.81. The average molecular weight is 156 g/mol. The standard InChI is InChI=1S/C8H16N2O/c1-7(4-3-5-11)10-8(2)6-9/h7-8,10-11H,3-5H2,1-2H3. The SMILES string of the molecule is CC(C#N)NC(C)CCCO. The highest BCUT2D eigenvalue weighted by molar-refractivity contribution is 4.86. The Morgan fingerprint density at radius 2 is 2.18 bits per heavy atom. The molecular weight excluding hydrogens is 140 g/mol. The third-order valence-electron chi connectivity index (χ3n) is 1.52. The lowest BCUT2D eigenvalue weighted by molar-refractivity contribution is 0.276. The highest BCUT2D eigenvalue weighted by atomic mass is 16.2. The molecule has 0 heterocycles. The van der Waals surface area contributed by atoms with Gasteiger partial charge in [-0.05, 0) is 26.7 Å². The first-order valence-electron chi connectivity index (χ1n) is 3.97. The van der Waals surface area contributed by atoms with E-state index >= 15 is 0 Å². The van der Waals surface area contributed by atoms with Crippen molar-refractivity contribution in [2.45, 2.75) is 38.8 Å². The van der Waals surface area contributed by atoms with E-state index in [2.05, 4.69) is 11.4 Å². The molecule has 0 spiro atoms. The summed E-state index contributed by atoms with van der Waals surface area (Å²) in [6, 6.07) is 2.32. The second-order valence-corrected chi connectivity index (χ2v) is 2.78. The zero-order valence-corrected chi connectivity index (χ0v) is 7.17. The maximum atomic E-state index is 8.51. The topological polar surface area (TPSA) is 56.0 Å². The predicted octanol–water partition coefficient (Wildman–Crippen LogP) is 0.649.